The molecule has 4 aromatic carbocycles. The zero-order valence-electron chi connectivity index (χ0n) is 18.8. The molecule has 0 amide bonds. The lowest BCUT2D eigenvalue weighted by Gasteiger charge is -2.15. The second-order valence-electron chi connectivity index (χ2n) is 7.98. The van der Waals surface area contributed by atoms with Crippen LogP contribution in [0.25, 0.3) is 33.1 Å². The fourth-order valence-electron chi connectivity index (χ4n) is 3.87. The number of para-hydroxylation sites is 1. The third-order valence-electron chi connectivity index (χ3n) is 5.67. The van der Waals surface area contributed by atoms with E-state index in [9.17, 15) is 14.7 Å². The van der Waals surface area contributed by atoms with E-state index in [1.165, 1.54) is 17.8 Å². The highest BCUT2D eigenvalue weighted by atomic mass is 16.5. The number of nitrogens with zero attached hydrogens (tertiary/aromatic N) is 3. The monoisotopic (exact) mass is 463 g/mol. The number of aliphatic carboxylic acids is 1. The summed E-state index contributed by atoms with van der Waals surface area (Å²) >= 11 is 0. The second kappa shape index (κ2) is 9.23. The summed E-state index contributed by atoms with van der Waals surface area (Å²) in [5.41, 5.74) is 1.57. The Morgan fingerprint density at radius 2 is 1.63 bits per heavy atom. The number of aromatic nitrogens is 2. The Balaban J connectivity index is 1.73. The number of carbonyl (C=O) groups is 1. The molecule has 7 heteroatoms. The fraction of sp³-hybridized carbons (Fsp3) is 0.0714. The highest BCUT2D eigenvalue weighted by molar-refractivity contribution is 6.02. The molecule has 0 spiro atoms. The van der Waals surface area contributed by atoms with Gasteiger partial charge in [-0.3, -0.25) is 4.79 Å². The van der Waals surface area contributed by atoms with Gasteiger partial charge in [0.25, 0.3) is 5.56 Å². The van der Waals surface area contributed by atoms with Gasteiger partial charge in [0.2, 0.25) is 0 Å². The van der Waals surface area contributed by atoms with Crippen molar-refractivity contribution >= 4 is 33.9 Å². The number of ether oxygens (including phenoxy) is 1. The maximum atomic E-state index is 13.5. The molecule has 35 heavy (non-hydrogen) atoms. The van der Waals surface area contributed by atoms with Crippen LogP contribution < -0.4 is 10.3 Å². The molecule has 0 radical (unpaired) electrons. The molecule has 5 rings (SSSR count). The molecule has 0 aliphatic heterocycles. The molecule has 1 N–H and O–H groups in total. The van der Waals surface area contributed by atoms with Crippen molar-refractivity contribution in [3.8, 4) is 17.1 Å². The molecular weight excluding hydrogens is 442 g/mol. The third kappa shape index (κ3) is 4.27. The molecule has 0 aliphatic rings. The predicted molar refractivity (Wildman–Crippen MR) is 136 cm³/mol. The lowest BCUT2D eigenvalue weighted by Crippen LogP contribution is -2.23. The largest absolute Gasteiger partial charge is 0.479 e. The molecule has 0 aliphatic carbocycles. The van der Waals surface area contributed by atoms with Crippen LogP contribution in [0.1, 0.15) is 12.5 Å². The van der Waals surface area contributed by atoms with Crippen LogP contribution in [0.3, 0.4) is 0 Å². The zero-order chi connectivity index (χ0) is 24.4. The van der Waals surface area contributed by atoms with Crippen LogP contribution in [0.4, 0.5) is 0 Å². The molecule has 1 atom stereocenters. The van der Waals surface area contributed by atoms with Crippen molar-refractivity contribution in [2.45, 2.75) is 13.0 Å². The average molecular weight is 463 g/mol. The van der Waals surface area contributed by atoms with Crippen molar-refractivity contribution in [3.63, 3.8) is 0 Å². The SMILES string of the molecule is C[C@H](Oc1ccc2ccccc2c1C=Nn1c(-c2ccccc2)nc2ccccc2c1=O)C(=O)O. The molecule has 0 unspecified atom stereocenters. The average Bonchev–Trinajstić information content (AvgIpc) is 2.89. The minimum atomic E-state index is -1.08. The van der Waals surface area contributed by atoms with Crippen molar-refractivity contribution in [1.29, 1.82) is 0 Å². The van der Waals surface area contributed by atoms with Crippen molar-refractivity contribution in [2.75, 3.05) is 0 Å². The van der Waals surface area contributed by atoms with Gasteiger partial charge < -0.3 is 9.84 Å². The number of benzene rings is 4. The maximum absolute atomic E-state index is 13.5. The molecule has 172 valence electrons. The van der Waals surface area contributed by atoms with E-state index in [1.807, 2.05) is 66.7 Å². The molecule has 0 saturated heterocycles. The van der Waals surface area contributed by atoms with E-state index in [2.05, 4.69) is 5.10 Å². The van der Waals surface area contributed by atoms with Crippen molar-refractivity contribution in [3.05, 3.63) is 107 Å². The van der Waals surface area contributed by atoms with Gasteiger partial charge in [0.05, 0.1) is 17.1 Å². The normalized spacial score (nSPS) is 12.3. The fourth-order valence-corrected chi connectivity index (χ4v) is 3.87. The first-order chi connectivity index (χ1) is 17.0. The number of fused-ring (bicyclic) bond motifs is 2. The van der Waals surface area contributed by atoms with Gasteiger partial charge in [0.15, 0.2) is 11.9 Å². The molecule has 7 nitrogen and oxygen atoms in total. The van der Waals surface area contributed by atoms with Crippen molar-refractivity contribution in [2.24, 2.45) is 5.10 Å². The number of rotatable bonds is 6. The summed E-state index contributed by atoms with van der Waals surface area (Å²) < 4.78 is 6.99. The van der Waals surface area contributed by atoms with Crippen LogP contribution in [0.2, 0.25) is 0 Å². The molecule has 0 saturated carbocycles. The second-order valence-corrected chi connectivity index (χ2v) is 7.98. The number of carboxylic acid groups (broad SMARTS) is 1. The summed E-state index contributed by atoms with van der Waals surface area (Å²) in [6.07, 6.45) is 0.463. The Morgan fingerprint density at radius 3 is 2.40 bits per heavy atom. The van der Waals surface area contributed by atoms with Gasteiger partial charge in [-0.1, -0.05) is 72.8 Å². The minimum Gasteiger partial charge on any atom is -0.479 e. The predicted octanol–water partition coefficient (Wildman–Crippen LogP) is 4.95. The Morgan fingerprint density at radius 1 is 0.943 bits per heavy atom. The van der Waals surface area contributed by atoms with E-state index < -0.39 is 12.1 Å². The Hall–Kier alpha value is -4.78. The van der Waals surface area contributed by atoms with Gasteiger partial charge in [-0.15, -0.1) is 0 Å². The van der Waals surface area contributed by atoms with Crippen LogP contribution >= 0.6 is 0 Å². The number of hydrogen-bond acceptors (Lipinski definition) is 5. The smallest absolute Gasteiger partial charge is 0.344 e. The Bertz CT molecular complexity index is 1640. The zero-order valence-corrected chi connectivity index (χ0v) is 18.8. The van der Waals surface area contributed by atoms with E-state index in [0.29, 0.717) is 28.0 Å². The van der Waals surface area contributed by atoms with Crippen LogP contribution in [0.5, 0.6) is 5.75 Å². The maximum Gasteiger partial charge on any atom is 0.344 e. The van der Waals surface area contributed by atoms with Crippen LogP contribution in [0.15, 0.2) is 101 Å². The molecule has 0 fully saturated rings. The summed E-state index contributed by atoms with van der Waals surface area (Å²) in [6.45, 7) is 1.46. The van der Waals surface area contributed by atoms with Crippen molar-refractivity contribution in [1.82, 2.24) is 9.66 Å². The van der Waals surface area contributed by atoms with Gasteiger partial charge in [-0.05, 0) is 35.9 Å². The number of carboxylic acids is 1. The summed E-state index contributed by atoms with van der Waals surface area (Å²) in [7, 11) is 0. The van der Waals surface area contributed by atoms with Gasteiger partial charge >= 0.3 is 5.97 Å². The quantitative estimate of drug-likeness (QED) is 0.360. The van der Waals surface area contributed by atoms with Crippen molar-refractivity contribution < 1.29 is 14.6 Å². The lowest BCUT2D eigenvalue weighted by atomic mass is 10.0. The Kier molecular flexibility index (Phi) is 5.81. The topological polar surface area (TPSA) is 93.8 Å². The van der Waals surface area contributed by atoms with Gasteiger partial charge in [0, 0.05) is 11.1 Å². The minimum absolute atomic E-state index is 0.313. The third-order valence-corrected chi connectivity index (χ3v) is 5.67. The van der Waals surface area contributed by atoms with Gasteiger partial charge in [-0.25, -0.2) is 9.78 Å². The van der Waals surface area contributed by atoms with E-state index in [1.54, 1.807) is 24.3 Å². The van der Waals surface area contributed by atoms with Crippen LogP contribution in [0, 0.1) is 0 Å². The van der Waals surface area contributed by atoms with E-state index in [-0.39, 0.29) is 5.56 Å². The first-order valence-electron chi connectivity index (χ1n) is 11.1. The number of hydrogen-bond donors (Lipinski definition) is 1. The molecule has 1 heterocycles. The first kappa shape index (κ1) is 22.0. The summed E-state index contributed by atoms with van der Waals surface area (Å²) in [6, 6.07) is 27.7. The van der Waals surface area contributed by atoms with E-state index in [4.69, 9.17) is 9.72 Å². The molecular formula is C28H21N3O4. The summed E-state index contributed by atoms with van der Waals surface area (Å²) in [5, 5.41) is 16.1. The summed E-state index contributed by atoms with van der Waals surface area (Å²) in [5.74, 6) is -0.333. The Labute approximate surface area is 200 Å². The molecule has 1 aromatic heterocycles. The van der Waals surface area contributed by atoms with Gasteiger partial charge in [0.1, 0.15) is 5.75 Å². The van der Waals surface area contributed by atoms with E-state index >= 15 is 0 Å². The molecule has 5 aromatic rings. The lowest BCUT2D eigenvalue weighted by molar-refractivity contribution is -0.144. The highest BCUT2D eigenvalue weighted by Gasteiger charge is 2.17. The first-order valence-corrected chi connectivity index (χ1v) is 11.1. The van der Waals surface area contributed by atoms with Crippen LogP contribution in [-0.2, 0) is 4.79 Å². The van der Waals surface area contributed by atoms with Crippen LogP contribution in [-0.4, -0.2) is 33.1 Å². The van der Waals surface area contributed by atoms with E-state index in [0.717, 1.165) is 16.3 Å². The van der Waals surface area contributed by atoms with Gasteiger partial charge in [-0.2, -0.15) is 9.78 Å². The highest BCUT2D eigenvalue weighted by Crippen LogP contribution is 2.28. The standard InChI is InChI=1S/C28H21N3O4/c1-18(28(33)34)35-25-16-15-19-9-5-6-12-21(19)23(25)17-29-31-26(20-10-3-2-4-11-20)30-24-14-8-7-13-22(24)27(31)32/h2-18H,1H3,(H,33,34)/t18-/m0/s1. The summed E-state index contributed by atoms with van der Waals surface area (Å²) in [4.78, 5) is 29.6. The molecule has 0 bridgehead atoms.